The van der Waals surface area contributed by atoms with Crippen LogP contribution in [-0.2, 0) is 11.2 Å². The summed E-state index contributed by atoms with van der Waals surface area (Å²) < 4.78 is 0. The Kier molecular flexibility index (Phi) is 5.10. The van der Waals surface area contributed by atoms with Crippen molar-refractivity contribution in [3.8, 4) is 0 Å². The van der Waals surface area contributed by atoms with Crippen molar-refractivity contribution in [2.24, 2.45) is 0 Å². The van der Waals surface area contributed by atoms with E-state index in [1.165, 1.54) is 5.56 Å². The molecule has 1 N–H and O–H groups in total. The van der Waals surface area contributed by atoms with Crippen LogP contribution in [0.15, 0.2) is 54.9 Å². The topological polar surface area (TPSA) is 53.4 Å². The molecule has 1 aromatic heterocycles. The molecule has 1 heterocycles. The highest BCUT2D eigenvalue weighted by Gasteiger charge is 2.01. The summed E-state index contributed by atoms with van der Waals surface area (Å²) in [5.74, 6) is -0.937. The first-order valence-corrected chi connectivity index (χ1v) is 6.76. The first-order valence-electron chi connectivity index (χ1n) is 6.76. The molecule has 0 radical (unpaired) electrons. The summed E-state index contributed by atoms with van der Waals surface area (Å²) in [6, 6.07) is 11.9. The molecule has 0 fully saturated rings. The maximum Gasteiger partial charge on any atom is 0.328 e. The second-order valence-corrected chi connectivity index (χ2v) is 4.79. The lowest BCUT2D eigenvalue weighted by Crippen LogP contribution is -2.20. The molecule has 0 bridgehead atoms. The summed E-state index contributed by atoms with van der Waals surface area (Å²) in [5.41, 5.74) is 3.25. The highest BCUT2D eigenvalue weighted by atomic mass is 16.4. The highest BCUT2D eigenvalue weighted by molar-refractivity contribution is 5.85. The van der Waals surface area contributed by atoms with Crippen molar-refractivity contribution in [2.75, 3.05) is 18.5 Å². The molecule has 0 amide bonds. The van der Waals surface area contributed by atoms with Crippen LogP contribution >= 0.6 is 0 Å². The molecule has 2 aromatic rings. The van der Waals surface area contributed by atoms with Gasteiger partial charge in [-0.2, -0.15) is 0 Å². The molecule has 0 saturated carbocycles. The van der Waals surface area contributed by atoms with Gasteiger partial charge in [0, 0.05) is 37.7 Å². The first-order chi connectivity index (χ1) is 10.1. The van der Waals surface area contributed by atoms with E-state index in [4.69, 9.17) is 5.11 Å². The van der Waals surface area contributed by atoms with Crippen LogP contribution in [0.5, 0.6) is 0 Å². The number of aromatic nitrogens is 1. The third-order valence-corrected chi connectivity index (χ3v) is 3.24. The summed E-state index contributed by atoms with van der Waals surface area (Å²) in [6.45, 7) is 0.911. The minimum absolute atomic E-state index is 0.878. The standard InChI is InChI=1S/C17H18N2O2/c1-19(13-10-15-8-11-18-12-9-15)16-5-2-14(3-6-16)4-7-17(20)21/h2-9,11-12H,10,13H2,1H3,(H,20,21). The fourth-order valence-corrected chi connectivity index (χ4v) is 1.98. The Morgan fingerprint density at radius 1 is 1.19 bits per heavy atom. The van der Waals surface area contributed by atoms with Crippen LogP contribution in [0, 0.1) is 0 Å². The Labute approximate surface area is 124 Å². The normalized spacial score (nSPS) is 10.7. The van der Waals surface area contributed by atoms with Crippen LogP contribution in [0.1, 0.15) is 11.1 Å². The van der Waals surface area contributed by atoms with Gasteiger partial charge in [-0.3, -0.25) is 4.98 Å². The predicted octanol–water partition coefficient (Wildman–Crippen LogP) is 2.86. The molecular formula is C17H18N2O2. The van der Waals surface area contributed by atoms with Gasteiger partial charge in [-0.1, -0.05) is 12.1 Å². The lowest BCUT2D eigenvalue weighted by atomic mass is 10.1. The number of likely N-dealkylation sites (N-methyl/N-ethyl adjacent to an activating group) is 1. The molecule has 0 unspecified atom stereocenters. The van der Waals surface area contributed by atoms with E-state index in [9.17, 15) is 4.79 Å². The van der Waals surface area contributed by atoms with Gasteiger partial charge in [-0.25, -0.2) is 4.79 Å². The second kappa shape index (κ2) is 7.24. The maximum atomic E-state index is 10.5. The molecule has 108 valence electrons. The molecule has 4 nitrogen and oxygen atoms in total. The summed E-state index contributed by atoms with van der Waals surface area (Å²) in [7, 11) is 2.04. The molecule has 1 aromatic carbocycles. The predicted molar refractivity (Wildman–Crippen MR) is 84.3 cm³/mol. The summed E-state index contributed by atoms with van der Waals surface area (Å²) in [5, 5.41) is 8.60. The van der Waals surface area contributed by atoms with E-state index >= 15 is 0 Å². The largest absolute Gasteiger partial charge is 0.478 e. The molecule has 0 aliphatic carbocycles. The smallest absolute Gasteiger partial charge is 0.328 e. The fourth-order valence-electron chi connectivity index (χ4n) is 1.98. The van der Waals surface area contributed by atoms with E-state index in [-0.39, 0.29) is 0 Å². The van der Waals surface area contributed by atoms with Crippen LogP contribution in [-0.4, -0.2) is 29.7 Å². The van der Waals surface area contributed by atoms with Crippen molar-refractivity contribution in [3.63, 3.8) is 0 Å². The summed E-state index contributed by atoms with van der Waals surface area (Å²) >= 11 is 0. The zero-order valence-corrected chi connectivity index (χ0v) is 11.9. The van der Waals surface area contributed by atoms with Gasteiger partial charge >= 0.3 is 5.97 Å². The van der Waals surface area contributed by atoms with Crippen LogP contribution in [0.2, 0.25) is 0 Å². The number of benzene rings is 1. The van der Waals surface area contributed by atoms with Gasteiger partial charge in [0.1, 0.15) is 0 Å². The van der Waals surface area contributed by atoms with Crippen molar-refractivity contribution < 1.29 is 9.90 Å². The third kappa shape index (κ3) is 4.76. The number of aliphatic carboxylic acids is 1. The Morgan fingerprint density at radius 3 is 2.48 bits per heavy atom. The van der Waals surface area contributed by atoms with Gasteiger partial charge in [-0.15, -0.1) is 0 Å². The van der Waals surface area contributed by atoms with Crippen LogP contribution < -0.4 is 4.90 Å². The minimum atomic E-state index is -0.937. The Balaban J connectivity index is 1.93. The average molecular weight is 282 g/mol. The monoisotopic (exact) mass is 282 g/mol. The number of nitrogens with zero attached hydrogens (tertiary/aromatic N) is 2. The summed E-state index contributed by atoms with van der Waals surface area (Å²) in [4.78, 5) is 16.6. The molecule has 0 aliphatic heterocycles. The number of carboxylic acid groups (broad SMARTS) is 1. The van der Waals surface area contributed by atoms with E-state index in [1.807, 2.05) is 43.4 Å². The van der Waals surface area contributed by atoms with Crippen molar-refractivity contribution in [1.82, 2.24) is 4.98 Å². The molecule has 4 heteroatoms. The minimum Gasteiger partial charge on any atom is -0.478 e. The Morgan fingerprint density at radius 2 is 1.86 bits per heavy atom. The van der Waals surface area contributed by atoms with Crippen molar-refractivity contribution >= 4 is 17.7 Å². The van der Waals surface area contributed by atoms with Gasteiger partial charge in [0.2, 0.25) is 0 Å². The van der Waals surface area contributed by atoms with Crippen molar-refractivity contribution in [3.05, 3.63) is 66.0 Å². The molecular weight excluding hydrogens is 264 g/mol. The van der Waals surface area contributed by atoms with Crippen molar-refractivity contribution in [2.45, 2.75) is 6.42 Å². The van der Waals surface area contributed by atoms with Crippen LogP contribution in [0.3, 0.4) is 0 Å². The van der Waals surface area contributed by atoms with E-state index in [1.54, 1.807) is 18.5 Å². The first kappa shape index (κ1) is 14.8. The van der Waals surface area contributed by atoms with Gasteiger partial charge in [0.05, 0.1) is 0 Å². The van der Waals surface area contributed by atoms with Gasteiger partial charge < -0.3 is 10.0 Å². The number of hydrogen-bond acceptors (Lipinski definition) is 3. The number of pyridine rings is 1. The number of carboxylic acids is 1. The lowest BCUT2D eigenvalue weighted by molar-refractivity contribution is -0.131. The average Bonchev–Trinajstić information content (AvgIpc) is 2.52. The molecule has 0 aliphatic rings. The van der Waals surface area contributed by atoms with Crippen LogP contribution in [0.25, 0.3) is 6.08 Å². The third-order valence-electron chi connectivity index (χ3n) is 3.24. The number of rotatable bonds is 6. The SMILES string of the molecule is CN(CCc1ccncc1)c1ccc(C=CC(=O)O)cc1. The maximum absolute atomic E-state index is 10.5. The molecule has 2 rings (SSSR count). The van der Waals surface area contributed by atoms with Gasteiger partial charge in [0.25, 0.3) is 0 Å². The molecule has 0 atom stereocenters. The lowest BCUT2D eigenvalue weighted by Gasteiger charge is -2.19. The van der Waals surface area contributed by atoms with E-state index in [2.05, 4.69) is 9.88 Å². The molecule has 0 saturated heterocycles. The number of anilines is 1. The molecule has 0 spiro atoms. The molecule has 21 heavy (non-hydrogen) atoms. The van der Waals surface area contributed by atoms with E-state index in [0.29, 0.717) is 0 Å². The highest BCUT2D eigenvalue weighted by Crippen LogP contribution is 2.15. The Bertz CT molecular complexity index is 606. The van der Waals surface area contributed by atoms with Crippen molar-refractivity contribution in [1.29, 1.82) is 0 Å². The quantitative estimate of drug-likeness (QED) is 0.828. The van der Waals surface area contributed by atoms with Gasteiger partial charge in [0.15, 0.2) is 0 Å². The van der Waals surface area contributed by atoms with Gasteiger partial charge in [-0.05, 0) is 47.9 Å². The number of hydrogen-bond donors (Lipinski definition) is 1. The fraction of sp³-hybridized carbons (Fsp3) is 0.176. The zero-order valence-electron chi connectivity index (χ0n) is 11.9. The van der Waals surface area contributed by atoms with Crippen LogP contribution in [0.4, 0.5) is 5.69 Å². The zero-order chi connectivity index (χ0) is 15.1. The second-order valence-electron chi connectivity index (χ2n) is 4.79. The van der Waals surface area contributed by atoms with E-state index in [0.717, 1.165) is 30.3 Å². The van der Waals surface area contributed by atoms with E-state index < -0.39 is 5.97 Å². The summed E-state index contributed by atoms with van der Waals surface area (Å²) in [6.07, 6.45) is 7.29. The number of carbonyl (C=O) groups is 1. The Hall–Kier alpha value is -2.62.